The number of aliphatic hydroxyl groups is 1. The van der Waals surface area contributed by atoms with Gasteiger partial charge in [-0.15, -0.1) is 11.8 Å². The molecule has 20 heavy (non-hydrogen) atoms. The Labute approximate surface area is 132 Å². The first-order valence-corrected chi connectivity index (χ1v) is 7.90. The first kappa shape index (κ1) is 15.5. The fourth-order valence-electron chi connectivity index (χ4n) is 1.88. The predicted octanol–water partition coefficient (Wildman–Crippen LogP) is 4.81. The molecule has 2 rings (SSSR count). The normalized spacial score (nSPS) is 12.2. The molecule has 0 amide bonds. The molecule has 0 heterocycles. The highest BCUT2D eigenvalue weighted by Crippen LogP contribution is 2.36. The van der Waals surface area contributed by atoms with E-state index in [2.05, 4.69) is 0 Å². The van der Waals surface area contributed by atoms with Gasteiger partial charge in [0.2, 0.25) is 0 Å². The molecule has 0 saturated carbocycles. The number of rotatable bonds is 4. The second-order valence-corrected chi connectivity index (χ2v) is 5.88. The van der Waals surface area contributed by atoms with Gasteiger partial charge in [-0.05, 0) is 30.0 Å². The third-order valence-corrected chi connectivity index (χ3v) is 4.36. The number of hydrogen-bond acceptors (Lipinski definition) is 3. The second-order valence-electron chi connectivity index (χ2n) is 4.18. The van der Waals surface area contributed by atoms with Crippen LogP contribution in [0.5, 0.6) is 5.75 Å². The van der Waals surface area contributed by atoms with E-state index in [9.17, 15) is 5.11 Å². The lowest BCUT2D eigenvalue weighted by Crippen LogP contribution is -2.01. The maximum atomic E-state index is 10.4. The number of thioether (sulfide) groups is 1. The number of halogens is 2. The molecule has 0 bridgehead atoms. The topological polar surface area (TPSA) is 29.5 Å². The van der Waals surface area contributed by atoms with Gasteiger partial charge in [0.15, 0.2) is 0 Å². The van der Waals surface area contributed by atoms with Gasteiger partial charge in [-0.1, -0.05) is 35.3 Å². The summed E-state index contributed by atoms with van der Waals surface area (Å²) in [6.45, 7) is 0. The lowest BCUT2D eigenvalue weighted by molar-refractivity contribution is 0.220. The van der Waals surface area contributed by atoms with E-state index in [0.717, 1.165) is 10.5 Å². The summed E-state index contributed by atoms with van der Waals surface area (Å²) in [4.78, 5) is 1.14. The zero-order chi connectivity index (χ0) is 14.7. The summed E-state index contributed by atoms with van der Waals surface area (Å²) >= 11 is 13.9. The summed E-state index contributed by atoms with van der Waals surface area (Å²) in [6, 6.07) is 10.9. The molecule has 2 nitrogen and oxygen atoms in total. The standard InChI is InChI=1S/C15H14Cl2O2S/c1-19-14-8-12(16)11(7-13(14)17)15(18)9-3-5-10(20-2)6-4-9/h3-8,15,18H,1-2H3. The van der Waals surface area contributed by atoms with Crippen LogP contribution in [0.4, 0.5) is 0 Å². The molecule has 2 aromatic rings. The molecular weight excluding hydrogens is 315 g/mol. The van der Waals surface area contributed by atoms with Crippen molar-refractivity contribution < 1.29 is 9.84 Å². The molecule has 5 heteroatoms. The zero-order valence-electron chi connectivity index (χ0n) is 11.1. The van der Waals surface area contributed by atoms with Crippen LogP contribution < -0.4 is 4.74 Å². The molecule has 0 saturated heterocycles. The SMILES string of the molecule is COc1cc(Cl)c(C(O)c2ccc(SC)cc2)cc1Cl. The highest BCUT2D eigenvalue weighted by atomic mass is 35.5. The molecular formula is C15H14Cl2O2S. The average Bonchev–Trinajstić information content (AvgIpc) is 2.48. The van der Waals surface area contributed by atoms with Crippen LogP contribution in [-0.2, 0) is 0 Å². The first-order chi connectivity index (χ1) is 9.56. The van der Waals surface area contributed by atoms with E-state index in [0.29, 0.717) is 21.4 Å². The van der Waals surface area contributed by atoms with Gasteiger partial charge in [-0.2, -0.15) is 0 Å². The number of methoxy groups -OCH3 is 1. The van der Waals surface area contributed by atoms with E-state index in [4.69, 9.17) is 27.9 Å². The van der Waals surface area contributed by atoms with Crippen LogP contribution in [0.3, 0.4) is 0 Å². The van der Waals surface area contributed by atoms with Gasteiger partial charge in [0.1, 0.15) is 11.9 Å². The average molecular weight is 329 g/mol. The third-order valence-electron chi connectivity index (χ3n) is 3.00. The van der Waals surface area contributed by atoms with Crippen molar-refractivity contribution in [1.29, 1.82) is 0 Å². The minimum absolute atomic E-state index is 0.423. The quantitative estimate of drug-likeness (QED) is 0.817. The summed E-state index contributed by atoms with van der Waals surface area (Å²) in [5.74, 6) is 0.491. The van der Waals surface area contributed by atoms with E-state index in [1.807, 2.05) is 30.5 Å². The Morgan fingerprint density at radius 2 is 1.75 bits per heavy atom. The molecule has 0 aromatic heterocycles. The minimum atomic E-state index is -0.818. The molecule has 106 valence electrons. The maximum Gasteiger partial charge on any atom is 0.138 e. The zero-order valence-corrected chi connectivity index (χ0v) is 13.4. The Morgan fingerprint density at radius 1 is 1.10 bits per heavy atom. The van der Waals surface area contributed by atoms with Crippen LogP contribution in [0.2, 0.25) is 10.0 Å². The summed E-state index contributed by atoms with van der Waals surface area (Å²) < 4.78 is 5.10. The van der Waals surface area contributed by atoms with Gasteiger partial charge in [0.25, 0.3) is 0 Å². The van der Waals surface area contributed by atoms with Gasteiger partial charge < -0.3 is 9.84 Å². The Balaban J connectivity index is 2.36. The molecule has 0 aliphatic heterocycles. The van der Waals surface area contributed by atoms with Crippen molar-refractivity contribution in [2.75, 3.05) is 13.4 Å². The lowest BCUT2D eigenvalue weighted by atomic mass is 10.0. The monoisotopic (exact) mass is 328 g/mol. The largest absolute Gasteiger partial charge is 0.495 e. The molecule has 0 spiro atoms. The van der Waals surface area contributed by atoms with Crippen LogP contribution in [0.25, 0.3) is 0 Å². The highest BCUT2D eigenvalue weighted by Gasteiger charge is 2.17. The predicted molar refractivity (Wildman–Crippen MR) is 85.3 cm³/mol. The van der Waals surface area contributed by atoms with Crippen molar-refractivity contribution in [2.45, 2.75) is 11.0 Å². The molecule has 0 aliphatic carbocycles. The fraction of sp³-hybridized carbons (Fsp3) is 0.200. The second kappa shape index (κ2) is 6.72. The van der Waals surface area contributed by atoms with E-state index < -0.39 is 6.10 Å². The van der Waals surface area contributed by atoms with Gasteiger partial charge in [-0.3, -0.25) is 0 Å². The highest BCUT2D eigenvalue weighted by molar-refractivity contribution is 7.98. The van der Waals surface area contributed by atoms with Crippen LogP contribution in [0, 0.1) is 0 Å². The van der Waals surface area contributed by atoms with Crippen LogP contribution in [-0.4, -0.2) is 18.5 Å². The summed E-state index contributed by atoms with van der Waals surface area (Å²) in [5, 5.41) is 11.3. The maximum absolute atomic E-state index is 10.4. The van der Waals surface area contributed by atoms with E-state index in [1.165, 1.54) is 7.11 Å². The molecule has 1 unspecified atom stereocenters. The van der Waals surface area contributed by atoms with Gasteiger partial charge in [0, 0.05) is 16.5 Å². The summed E-state index contributed by atoms with van der Waals surface area (Å²) in [5.41, 5.74) is 1.33. The molecule has 0 aliphatic rings. The van der Waals surface area contributed by atoms with Crippen molar-refractivity contribution in [2.24, 2.45) is 0 Å². The molecule has 1 N–H and O–H groups in total. The van der Waals surface area contributed by atoms with E-state index in [-0.39, 0.29) is 0 Å². The van der Waals surface area contributed by atoms with Crippen molar-refractivity contribution >= 4 is 35.0 Å². The molecule has 0 fully saturated rings. The minimum Gasteiger partial charge on any atom is -0.495 e. The third kappa shape index (κ3) is 3.23. The number of aliphatic hydroxyl groups excluding tert-OH is 1. The van der Waals surface area contributed by atoms with Gasteiger partial charge >= 0.3 is 0 Å². The first-order valence-electron chi connectivity index (χ1n) is 5.91. The van der Waals surface area contributed by atoms with E-state index in [1.54, 1.807) is 23.9 Å². The van der Waals surface area contributed by atoms with E-state index >= 15 is 0 Å². The van der Waals surface area contributed by atoms with Crippen LogP contribution in [0.1, 0.15) is 17.2 Å². The number of hydrogen-bond donors (Lipinski definition) is 1. The smallest absolute Gasteiger partial charge is 0.138 e. The van der Waals surface area contributed by atoms with Crippen molar-refractivity contribution in [3.63, 3.8) is 0 Å². The Morgan fingerprint density at radius 3 is 2.30 bits per heavy atom. The molecule has 1 atom stereocenters. The lowest BCUT2D eigenvalue weighted by Gasteiger charge is -2.15. The molecule has 0 radical (unpaired) electrons. The Hall–Kier alpha value is -0.870. The van der Waals surface area contributed by atoms with Gasteiger partial charge in [-0.25, -0.2) is 0 Å². The Kier molecular flexibility index (Phi) is 5.22. The van der Waals surface area contributed by atoms with Crippen molar-refractivity contribution in [3.8, 4) is 5.75 Å². The Bertz CT molecular complexity index is 600. The molecule has 2 aromatic carbocycles. The number of benzene rings is 2. The summed E-state index contributed by atoms with van der Waals surface area (Å²) in [6.07, 6.45) is 1.19. The van der Waals surface area contributed by atoms with Crippen LogP contribution >= 0.6 is 35.0 Å². The van der Waals surface area contributed by atoms with Crippen molar-refractivity contribution in [1.82, 2.24) is 0 Å². The van der Waals surface area contributed by atoms with Crippen LogP contribution in [0.15, 0.2) is 41.3 Å². The number of ether oxygens (including phenoxy) is 1. The fourth-order valence-corrected chi connectivity index (χ4v) is 2.79. The summed E-state index contributed by atoms with van der Waals surface area (Å²) in [7, 11) is 1.52. The van der Waals surface area contributed by atoms with Crippen molar-refractivity contribution in [3.05, 3.63) is 57.6 Å². The van der Waals surface area contributed by atoms with Gasteiger partial charge in [0.05, 0.1) is 17.2 Å².